The second kappa shape index (κ2) is 7.82. The molecule has 0 aromatic heterocycles. The molecule has 2 aromatic carbocycles. The molecule has 1 aliphatic carbocycles. The predicted octanol–water partition coefficient (Wildman–Crippen LogP) is 3.71. The highest BCUT2D eigenvalue weighted by Crippen LogP contribution is 2.28. The summed E-state index contributed by atoms with van der Waals surface area (Å²) >= 11 is 0. The van der Waals surface area contributed by atoms with Gasteiger partial charge in [-0.15, -0.1) is 0 Å². The minimum atomic E-state index is -0.476. The van der Waals surface area contributed by atoms with Crippen molar-refractivity contribution in [1.29, 1.82) is 0 Å². The monoisotopic (exact) mass is 325 g/mol. The molecule has 1 fully saturated rings. The number of aryl methyl sites for hydroxylation is 2. The molecule has 0 bridgehead atoms. The fourth-order valence-corrected chi connectivity index (χ4v) is 2.94. The third-order valence-corrected chi connectivity index (χ3v) is 4.54. The average molecular weight is 325 g/mol. The molecule has 0 radical (unpaired) electrons. The van der Waals surface area contributed by atoms with Crippen molar-refractivity contribution in [1.82, 2.24) is 4.90 Å². The van der Waals surface area contributed by atoms with Crippen molar-refractivity contribution in [3.8, 4) is 5.75 Å². The van der Waals surface area contributed by atoms with Gasteiger partial charge in [-0.3, -0.25) is 4.90 Å². The number of benzene rings is 2. The summed E-state index contributed by atoms with van der Waals surface area (Å²) in [5.74, 6) is 0.855. The molecule has 3 rings (SSSR count). The number of para-hydroxylation sites is 1. The first-order valence-electron chi connectivity index (χ1n) is 8.78. The van der Waals surface area contributed by atoms with Crippen molar-refractivity contribution in [3.05, 3.63) is 65.2 Å². The number of nitrogens with zero attached hydrogens (tertiary/aromatic N) is 1. The Morgan fingerprint density at radius 1 is 1.08 bits per heavy atom. The van der Waals surface area contributed by atoms with Crippen LogP contribution in [0.3, 0.4) is 0 Å². The van der Waals surface area contributed by atoms with Gasteiger partial charge in [0, 0.05) is 19.1 Å². The molecule has 3 nitrogen and oxygen atoms in total. The van der Waals surface area contributed by atoms with E-state index >= 15 is 0 Å². The van der Waals surface area contributed by atoms with Crippen LogP contribution in [0.25, 0.3) is 0 Å². The summed E-state index contributed by atoms with van der Waals surface area (Å²) in [5, 5.41) is 10.4. The first-order chi connectivity index (χ1) is 11.6. The number of aliphatic hydroxyl groups excluding tert-OH is 1. The Labute approximate surface area is 144 Å². The van der Waals surface area contributed by atoms with E-state index in [0.717, 1.165) is 17.9 Å². The van der Waals surface area contributed by atoms with Gasteiger partial charge in [-0.25, -0.2) is 0 Å². The third kappa shape index (κ3) is 4.83. The average Bonchev–Trinajstić information content (AvgIpc) is 3.40. The van der Waals surface area contributed by atoms with Gasteiger partial charge < -0.3 is 9.84 Å². The van der Waals surface area contributed by atoms with Crippen molar-refractivity contribution in [2.75, 3.05) is 13.2 Å². The maximum Gasteiger partial charge on any atom is 0.122 e. The van der Waals surface area contributed by atoms with Gasteiger partial charge in [0.15, 0.2) is 0 Å². The lowest BCUT2D eigenvalue weighted by atomic mass is 10.1. The largest absolute Gasteiger partial charge is 0.491 e. The maximum atomic E-state index is 10.4. The SMILES string of the molecule is Cc1ccc(CN(C[C@H](O)COc2ccccc2C)C2CC2)cc1. The summed E-state index contributed by atoms with van der Waals surface area (Å²) < 4.78 is 5.79. The van der Waals surface area contributed by atoms with Crippen molar-refractivity contribution < 1.29 is 9.84 Å². The second-order valence-electron chi connectivity index (χ2n) is 6.88. The molecule has 0 heterocycles. The lowest BCUT2D eigenvalue weighted by Gasteiger charge is -2.25. The Morgan fingerprint density at radius 2 is 1.79 bits per heavy atom. The number of hydrogen-bond donors (Lipinski definition) is 1. The molecule has 0 saturated heterocycles. The van der Waals surface area contributed by atoms with Crippen LogP contribution in [0.1, 0.15) is 29.5 Å². The summed E-state index contributed by atoms with van der Waals surface area (Å²) in [6.45, 7) is 6.02. The van der Waals surface area contributed by atoms with Gasteiger partial charge in [-0.05, 0) is 43.9 Å². The van der Waals surface area contributed by atoms with E-state index in [9.17, 15) is 5.11 Å². The van der Waals surface area contributed by atoms with Crippen LogP contribution in [0, 0.1) is 13.8 Å². The molecule has 0 unspecified atom stereocenters. The first-order valence-corrected chi connectivity index (χ1v) is 8.78. The Bertz CT molecular complexity index is 649. The molecule has 1 aliphatic rings. The Morgan fingerprint density at radius 3 is 2.46 bits per heavy atom. The van der Waals surface area contributed by atoms with Gasteiger partial charge in [0.2, 0.25) is 0 Å². The Kier molecular flexibility index (Phi) is 5.54. The van der Waals surface area contributed by atoms with Crippen LogP contribution in [-0.4, -0.2) is 35.3 Å². The normalized spacial score (nSPS) is 15.5. The van der Waals surface area contributed by atoms with Crippen LogP contribution < -0.4 is 4.74 Å². The molecule has 2 aromatic rings. The summed E-state index contributed by atoms with van der Waals surface area (Å²) in [7, 11) is 0. The van der Waals surface area contributed by atoms with Crippen LogP contribution in [0.2, 0.25) is 0 Å². The molecule has 0 amide bonds. The van der Waals surface area contributed by atoms with E-state index in [-0.39, 0.29) is 0 Å². The molecule has 0 aliphatic heterocycles. The minimum absolute atomic E-state index is 0.335. The third-order valence-electron chi connectivity index (χ3n) is 4.54. The highest BCUT2D eigenvalue weighted by Gasteiger charge is 2.30. The minimum Gasteiger partial charge on any atom is -0.491 e. The number of rotatable bonds is 8. The molecule has 1 atom stereocenters. The summed E-state index contributed by atoms with van der Waals surface area (Å²) in [4.78, 5) is 2.39. The Hall–Kier alpha value is -1.84. The Balaban J connectivity index is 1.53. The van der Waals surface area contributed by atoms with E-state index in [1.807, 2.05) is 31.2 Å². The van der Waals surface area contributed by atoms with Crippen molar-refractivity contribution >= 4 is 0 Å². The van der Waals surface area contributed by atoms with Crippen molar-refractivity contribution in [2.24, 2.45) is 0 Å². The van der Waals surface area contributed by atoms with Crippen LogP contribution in [0.4, 0.5) is 0 Å². The summed E-state index contributed by atoms with van der Waals surface area (Å²) in [6.07, 6.45) is 1.99. The van der Waals surface area contributed by atoms with E-state index < -0.39 is 6.10 Å². The van der Waals surface area contributed by atoms with Crippen molar-refractivity contribution in [3.63, 3.8) is 0 Å². The van der Waals surface area contributed by atoms with E-state index in [1.165, 1.54) is 24.0 Å². The molecule has 0 spiro atoms. The summed E-state index contributed by atoms with van der Waals surface area (Å²) in [5.41, 5.74) is 3.69. The maximum absolute atomic E-state index is 10.4. The lowest BCUT2D eigenvalue weighted by molar-refractivity contribution is 0.0624. The number of ether oxygens (including phenoxy) is 1. The topological polar surface area (TPSA) is 32.7 Å². The van der Waals surface area contributed by atoms with E-state index in [0.29, 0.717) is 19.2 Å². The number of hydrogen-bond acceptors (Lipinski definition) is 3. The van der Waals surface area contributed by atoms with Gasteiger partial charge in [0.05, 0.1) is 0 Å². The standard InChI is InChI=1S/C21H27NO2/c1-16-7-9-18(10-8-16)13-22(19-11-12-19)14-20(23)15-24-21-6-4-3-5-17(21)2/h3-10,19-20,23H,11-15H2,1-2H3/t20-/m0/s1. The highest BCUT2D eigenvalue weighted by molar-refractivity contribution is 5.31. The molecule has 3 heteroatoms. The zero-order chi connectivity index (χ0) is 16.9. The van der Waals surface area contributed by atoms with Gasteiger partial charge in [-0.1, -0.05) is 48.0 Å². The van der Waals surface area contributed by atoms with E-state index in [1.54, 1.807) is 0 Å². The summed E-state index contributed by atoms with van der Waals surface area (Å²) in [6, 6.07) is 17.2. The molecule has 128 valence electrons. The predicted molar refractivity (Wildman–Crippen MR) is 97.3 cm³/mol. The zero-order valence-electron chi connectivity index (χ0n) is 14.6. The van der Waals surface area contributed by atoms with Crippen LogP contribution in [0.5, 0.6) is 5.75 Å². The van der Waals surface area contributed by atoms with E-state index in [4.69, 9.17) is 4.74 Å². The molecule has 24 heavy (non-hydrogen) atoms. The molecular formula is C21H27NO2. The molecular weight excluding hydrogens is 298 g/mol. The number of aliphatic hydroxyl groups is 1. The van der Waals surface area contributed by atoms with Gasteiger partial charge in [0.1, 0.15) is 18.5 Å². The van der Waals surface area contributed by atoms with E-state index in [2.05, 4.69) is 36.1 Å². The van der Waals surface area contributed by atoms with Crippen LogP contribution >= 0.6 is 0 Å². The van der Waals surface area contributed by atoms with Gasteiger partial charge in [0.25, 0.3) is 0 Å². The van der Waals surface area contributed by atoms with Gasteiger partial charge in [-0.2, -0.15) is 0 Å². The zero-order valence-corrected chi connectivity index (χ0v) is 14.6. The second-order valence-corrected chi connectivity index (χ2v) is 6.88. The smallest absolute Gasteiger partial charge is 0.122 e. The fraction of sp³-hybridized carbons (Fsp3) is 0.429. The quantitative estimate of drug-likeness (QED) is 0.803. The van der Waals surface area contributed by atoms with Crippen LogP contribution in [0.15, 0.2) is 48.5 Å². The molecule has 1 saturated carbocycles. The first kappa shape index (κ1) is 17.0. The van der Waals surface area contributed by atoms with Gasteiger partial charge >= 0.3 is 0 Å². The van der Waals surface area contributed by atoms with Crippen molar-refractivity contribution in [2.45, 2.75) is 45.4 Å². The highest BCUT2D eigenvalue weighted by atomic mass is 16.5. The molecule has 1 N–H and O–H groups in total. The lowest BCUT2D eigenvalue weighted by Crippen LogP contribution is -2.36. The van der Waals surface area contributed by atoms with Crippen LogP contribution in [-0.2, 0) is 6.54 Å². The fourth-order valence-electron chi connectivity index (χ4n) is 2.94.